The molecule has 0 saturated carbocycles. The van der Waals surface area contributed by atoms with Gasteiger partial charge in [-0.3, -0.25) is 4.79 Å². The van der Waals surface area contributed by atoms with Crippen LogP contribution in [0.25, 0.3) is 0 Å². The fourth-order valence-corrected chi connectivity index (χ4v) is 1.60. The zero-order chi connectivity index (χ0) is 14.5. The lowest BCUT2D eigenvalue weighted by Crippen LogP contribution is -2.31. The van der Waals surface area contributed by atoms with Crippen LogP contribution in [0.2, 0.25) is 0 Å². The molecule has 0 aliphatic rings. The van der Waals surface area contributed by atoms with Gasteiger partial charge in [-0.05, 0) is 23.1 Å². The minimum absolute atomic E-state index is 0.0178. The van der Waals surface area contributed by atoms with Gasteiger partial charge in [-0.1, -0.05) is 46.8 Å². The lowest BCUT2D eigenvalue weighted by atomic mass is 9.87. The number of amides is 1. The predicted molar refractivity (Wildman–Crippen MR) is 78.5 cm³/mol. The Hall–Kier alpha value is -1.51. The molecule has 0 atom stereocenters. The van der Waals surface area contributed by atoms with Crippen molar-refractivity contribution in [1.29, 1.82) is 0 Å². The molecule has 0 aliphatic carbocycles. The Morgan fingerprint density at radius 3 is 2.58 bits per heavy atom. The van der Waals surface area contributed by atoms with Crippen LogP contribution in [0.15, 0.2) is 24.3 Å². The van der Waals surface area contributed by atoms with Crippen LogP contribution in [0.4, 0.5) is 0 Å². The molecule has 0 fully saturated rings. The van der Waals surface area contributed by atoms with Gasteiger partial charge < -0.3 is 10.1 Å². The third-order valence-electron chi connectivity index (χ3n) is 2.89. The smallest absolute Gasteiger partial charge is 0.222 e. The van der Waals surface area contributed by atoms with Crippen LogP contribution in [0.1, 0.15) is 40.2 Å². The second-order valence-corrected chi connectivity index (χ2v) is 6.07. The SMILES string of the molecule is CC(C)C(=O)NCCOc1cccc(C(C)(C)C)c1. The lowest BCUT2D eigenvalue weighted by Gasteiger charge is -2.19. The average Bonchev–Trinajstić information content (AvgIpc) is 2.33. The van der Waals surface area contributed by atoms with Gasteiger partial charge in [0.15, 0.2) is 0 Å². The summed E-state index contributed by atoms with van der Waals surface area (Å²) in [5.41, 5.74) is 1.36. The molecule has 0 heterocycles. The maximum absolute atomic E-state index is 11.4. The van der Waals surface area contributed by atoms with Gasteiger partial charge in [-0.2, -0.15) is 0 Å². The molecule has 1 amide bonds. The van der Waals surface area contributed by atoms with Crippen molar-refractivity contribution in [2.24, 2.45) is 5.92 Å². The number of hydrogen-bond donors (Lipinski definition) is 1. The quantitative estimate of drug-likeness (QED) is 0.829. The van der Waals surface area contributed by atoms with Crippen molar-refractivity contribution >= 4 is 5.91 Å². The third kappa shape index (κ3) is 5.33. The second-order valence-electron chi connectivity index (χ2n) is 6.07. The Morgan fingerprint density at radius 1 is 1.32 bits per heavy atom. The molecule has 0 aliphatic heterocycles. The summed E-state index contributed by atoms with van der Waals surface area (Å²) in [4.78, 5) is 11.4. The minimum Gasteiger partial charge on any atom is -0.492 e. The molecular formula is C16H25NO2. The highest BCUT2D eigenvalue weighted by Crippen LogP contribution is 2.25. The topological polar surface area (TPSA) is 38.3 Å². The van der Waals surface area contributed by atoms with Crippen molar-refractivity contribution in [2.75, 3.05) is 13.2 Å². The van der Waals surface area contributed by atoms with Crippen molar-refractivity contribution in [2.45, 2.75) is 40.0 Å². The molecule has 1 aromatic rings. The number of hydrogen-bond acceptors (Lipinski definition) is 2. The normalized spacial score (nSPS) is 11.5. The summed E-state index contributed by atoms with van der Waals surface area (Å²) < 4.78 is 5.66. The van der Waals surface area contributed by atoms with Crippen molar-refractivity contribution in [1.82, 2.24) is 5.32 Å². The van der Waals surface area contributed by atoms with Gasteiger partial charge in [0.2, 0.25) is 5.91 Å². The Labute approximate surface area is 116 Å². The summed E-state index contributed by atoms with van der Waals surface area (Å²) in [6.07, 6.45) is 0. The zero-order valence-corrected chi connectivity index (χ0v) is 12.6. The van der Waals surface area contributed by atoms with E-state index in [1.165, 1.54) is 5.56 Å². The molecule has 0 aromatic heterocycles. The van der Waals surface area contributed by atoms with Crippen LogP contribution in [-0.4, -0.2) is 19.1 Å². The van der Waals surface area contributed by atoms with Crippen LogP contribution in [0, 0.1) is 5.92 Å². The summed E-state index contributed by atoms with van der Waals surface area (Å²) in [7, 11) is 0. The molecule has 0 radical (unpaired) electrons. The monoisotopic (exact) mass is 263 g/mol. The minimum atomic E-state index is 0.0178. The van der Waals surface area contributed by atoms with Crippen LogP contribution in [0.3, 0.4) is 0 Å². The summed E-state index contributed by atoms with van der Waals surface area (Å²) >= 11 is 0. The van der Waals surface area contributed by atoms with Gasteiger partial charge in [0.1, 0.15) is 12.4 Å². The van der Waals surface area contributed by atoms with Crippen LogP contribution in [0.5, 0.6) is 5.75 Å². The van der Waals surface area contributed by atoms with Gasteiger partial charge >= 0.3 is 0 Å². The van der Waals surface area contributed by atoms with E-state index in [1.54, 1.807) is 0 Å². The highest BCUT2D eigenvalue weighted by atomic mass is 16.5. The number of benzene rings is 1. The zero-order valence-electron chi connectivity index (χ0n) is 12.6. The molecule has 3 nitrogen and oxygen atoms in total. The molecule has 106 valence electrons. The van der Waals surface area contributed by atoms with E-state index >= 15 is 0 Å². The van der Waals surface area contributed by atoms with E-state index in [1.807, 2.05) is 26.0 Å². The molecule has 3 heteroatoms. The number of rotatable bonds is 5. The standard InChI is InChI=1S/C16H25NO2/c1-12(2)15(18)17-9-10-19-14-8-6-7-13(11-14)16(3,4)5/h6-8,11-12H,9-10H2,1-5H3,(H,17,18). The first-order valence-electron chi connectivity index (χ1n) is 6.82. The fraction of sp³-hybridized carbons (Fsp3) is 0.562. The molecule has 0 unspecified atom stereocenters. The van der Waals surface area contributed by atoms with Crippen molar-refractivity contribution in [3.8, 4) is 5.75 Å². The Morgan fingerprint density at radius 2 is 2.00 bits per heavy atom. The summed E-state index contributed by atoms with van der Waals surface area (Å²) in [6.45, 7) is 11.3. The van der Waals surface area contributed by atoms with Crippen LogP contribution >= 0.6 is 0 Å². The molecule has 1 aromatic carbocycles. The highest BCUT2D eigenvalue weighted by molar-refractivity contribution is 5.77. The van der Waals surface area contributed by atoms with E-state index in [2.05, 4.69) is 38.2 Å². The molecule has 0 bridgehead atoms. The Balaban J connectivity index is 2.44. The van der Waals surface area contributed by atoms with Gasteiger partial charge in [0.25, 0.3) is 0 Å². The van der Waals surface area contributed by atoms with Crippen molar-refractivity contribution in [3.05, 3.63) is 29.8 Å². The first-order valence-corrected chi connectivity index (χ1v) is 6.82. The van der Waals surface area contributed by atoms with Crippen LogP contribution < -0.4 is 10.1 Å². The molecule has 0 spiro atoms. The summed E-state index contributed by atoms with van der Waals surface area (Å²) in [5.74, 6) is 0.933. The van der Waals surface area contributed by atoms with Crippen LogP contribution in [-0.2, 0) is 10.2 Å². The molecule has 1 N–H and O–H groups in total. The van der Waals surface area contributed by atoms with Gasteiger partial charge in [0.05, 0.1) is 6.54 Å². The van der Waals surface area contributed by atoms with Gasteiger partial charge in [-0.25, -0.2) is 0 Å². The van der Waals surface area contributed by atoms with E-state index in [-0.39, 0.29) is 17.2 Å². The maximum Gasteiger partial charge on any atom is 0.222 e. The third-order valence-corrected chi connectivity index (χ3v) is 2.89. The largest absolute Gasteiger partial charge is 0.492 e. The molecular weight excluding hydrogens is 238 g/mol. The van der Waals surface area contributed by atoms with E-state index in [9.17, 15) is 4.79 Å². The lowest BCUT2D eigenvalue weighted by molar-refractivity contribution is -0.124. The summed E-state index contributed by atoms with van der Waals surface area (Å²) in [5, 5.41) is 2.83. The van der Waals surface area contributed by atoms with E-state index in [0.29, 0.717) is 13.2 Å². The highest BCUT2D eigenvalue weighted by Gasteiger charge is 2.13. The number of carbonyl (C=O) groups excluding carboxylic acids is 1. The Kier molecular flexibility index (Phi) is 5.40. The fourth-order valence-electron chi connectivity index (χ4n) is 1.60. The molecule has 1 rings (SSSR count). The first kappa shape index (κ1) is 15.5. The van der Waals surface area contributed by atoms with E-state index in [0.717, 1.165) is 5.75 Å². The predicted octanol–water partition coefficient (Wildman–Crippen LogP) is 3.14. The van der Waals surface area contributed by atoms with E-state index < -0.39 is 0 Å². The number of ether oxygens (including phenoxy) is 1. The number of nitrogens with one attached hydrogen (secondary N) is 1. The maximum atomic E-state index is 11.4. The van der Waals surface area contributed by atoms with Gasteiger partial charge in [-0.15, -0.1) is 0 Å². The van der Waals surface area contributed by atoms with Crippen molar-refractivity contribution < 1.29 is 9.53 Å². The second kappa shape index (κ2) is 6.60. The number of carbonyl (C=O) groups is 1. The van der Waals surface area contributed by atoms with E-state index in [4.69, 9.17) is 4.74 Å². The molecule has 0 saturated heterocycles. The summed E-state index contributed by atoms with van der Waals surface area (Å²) in [6, 6.07) is 8.11. The van der Waals surface area contributed by atoms with Crippen molar-refractivity contribution in [3.63, 3.8) is 0 Å². The first-order chi connectivity index (χ1) is 8.80. The Bertz CT molecular complexity index is 419. The molecule has 19 heavy (non-hydrogen) atoms. The average molecular weight is 263 g/mol. The van der Waals surface area contributed by atoms with Gasteiger partial charge in [0, 0.05) is 5.92 Å².